The number of carbonyl (C=O) groups excluding carboxylic acids is 2. The lowest BCUT2D eigenvalue weighted by Crippen LogP contribution is -2.29. The van der Waals surface area contributed by atoms with Gasteiger partial charge in [0.2, 0.25) is 0 Å². The molecular formula is C32H29NO4. The van der Waals surface area contributed by atoms with Gasteiger partial charge in [-0.05, 0) is 40.1 Å². The molecule has 1 aliphatic heterocycles. The van der Waals surface area contributed by atoms with Crippen LogP contribution in [-0.2, 0) is 15.0 Å². The fourth-order valence-corrected chi connectivity index (χ4v) is 4.91. The van der Waals surface area contributed by atoms with E-state index < -0.39 is 17.7 Å². The van der Waals surface area contributed by atoms with Gasteiger partial charge in [-0.1, -0.05) is 93.6 Å². The summed E-state index contributed by atoms with van der Waals surface area (Å²) in [5, 5.41) is 13.3. The maximum atomic E-state index is 13.6. The van der Waals surface area contributed by atoms with Gasteiger partial charge in [0.15, 0.2) is 0 Å². The van der Waals surface area contributed by atoms with Crippen molar-refractivity contribution in [2.45, 2.75) is 32.2 Å². The number of amides is 1. The first-order valence-corrected chi connectivity index (χ1v) is 12.2. The second-order valence-corrected chi connectivity index (χ2v) is 10.3. The number of methoxy groups -OCH3 is 1. The number of hydrogen-bond donors (Lipinski definition) is 1. The maximum absolute atomic E-state index is 13.6. The number of rotatable bonds is 4. The van der Waals surface area contributed by atoms with E-state index in [1.807, 2.05) is 66.7 Å². The van der Waals surface area contributed by atoms with Crippen LogP contribution in [0.4, 0.5) is 5.69 Å². The number of Topliss-reactive ketones (excluding diaryl/α,β-unsaturated/α-hetero) is 1. The molecule has 5 nitrogen and oxygen atoms in total. The van der Waals surface area contributed by atoms with Gasteiger partial charge in [-0.25, -0.2) is 0 Å². The molecule has 1 fully saturated rings. The molecule has 0 spiro atoms. The monoisotopic (exact) mass is 491 g/mol. The van der Waals surface area contributed by atoms with Crippen LogP contribution in [0.3, 0.4) is 0 Å². The summed E-state index contributed by atoms with van der Waals surface area (Å²) in [4.78, 5) is 28.7. The molecule has 0 bridgehead atoms. The third kappa shape index (κ3) is 4.27. The topological polar surface area (TPSA) is 66.8 Å². The summed E-state index contributed by atoms with van der Waals surface area (Å²) >= 11 is 0. The number of anilines is 1. The number of benzene rings is 4. The summed E-state index contributed by atoms with van der Waals surface area (Å²) in [7, 11) is 1.54. The van der Waals surface area contributed by atoms with Gasteiger partial charge in [-0.15, -0.1) is 0 Å². The first kappa shape index (κ1) is 24.3. The molecule has 1 atom stereocenters. The Morgan fingerprint density at radius 3 is 2.24 bits per heavy atom. The normalized spacial score (nSPS) is 17.4. The van der Waals surface area contributed by atoms with E-state index in [2.05, 4.69) is 20.8 Å². The van der Waals surface area contributed by atoms with E-state index in [4.69, 9.17) is 4.74 Å². The molecule has 1 amide bonds. The summed E-state index contributed by atoms with van der Waals surface area (Å²) in [6.45, 7) is 6.40. The molecule has 1 unspecified atom stereocenters. The largest absolute Gasteiger partial charge is 0.507 e. The first-order chi connectivity index (χ1) is 17.7. The average molecular weight is 492 g/mol. The lowest BCUT2D eigenvalue weighted by atomic mass is 9.85. The molecule has 1 N–H and O–H groups in total. The van der Waals surface area contributed by atoms with Crippen molar-refractivity contribution in [1.29, 1.82) is 0 Å². The number of hydrogen-bond acceptors (Lipinski definition) is 4. The summed E-state index contributed by atoms with van der Waals surface area (Å²) in [5.41, 5.74) is 2.89. The minimum Gasteiger partial charge on any atom is -0.507 e. The summed E-state index contributed by atoms with van der Waals surface area (Å²) < 4.78 is 5.31. The van der Waals surface area contributed by atoms with Crippen molar-refractivity contribution in [2.24, 2.45) is 0 Å². The number of ether oxygens (including phenoxy) is 1. The minimum atomic E-state index is -0.800. The van der Waals surface area contributed by atoms with Gasteiger partial charge in [-0.3, -0.25) is 14.5 Å². The quantitative estimate of drug-likeness (QED) is 0.194. The van der Waals surface area contributed by atoms with Crippen molar-refractivity contribution < 1.29 is 19.4 Å². The van der Waals surface area contributed by atoms with Crippen molar-refractivity contribution in [3.63, 3.8) is 0 Å². The average Bonchev–Trinajstić information content (AvgIpc) is 3.17. The molecule has 0 radical (unpaired) electrons. The van der Waals surface area contributed by atoms with Crippen LogP contribution in [-0.4, -0.2) is 23.9 Å². The van der Waals surface area contributed by atoms with Crippen LogP contribution in [0.25, 0.3) is 16.5 Å². The van der Waals surface area contributed by atoms with E-state index >= 15 is 0 Å². The summed E-state index contributed by atoms with van der Waals surface area (Å²) in [5.74, 6) is -1.09. The van der Waals surface area contributed by atoms with Crippen LogP contribution in [0.2, 0.25) is 0 Å². The van der Waals surface area contributed by atoms with E-state index in [0.29, 0.717) is 17.0 Å². The van der Waals surface area contributed by atoms with Crippen molar-refractivity contribution in [2.75, 3.05) is 12.0 Å². The highest BCUT2D eigenvalue weighted by Gasteiger charge is 2.47. The van der Waals surface area contributed by atoms with E-state index in [0.717, 1.165) is 21.9 Å². The smallest absolute Gasteiger partial charge is 0.300 e. The Labute approximate surface area is 216 Å². The lowest BCUT2D eigenvalue weighted by Gasteiger charge is -2.27. The van der Waals surface area contributed by atoms with Gasteiger partial charge in [-0.2, -0.15) is 0 Å². The molecule has 1 saturated heterocycles. The van der Waals surface area contributed by atoms with Crippen LogP contribution in [0.5, 0.6) is 5.75 Å². The third-order valence-electron chi connectivity index (χ3n) is 6.91. The molecule has 4 aromatic carbocycles. The molecule has 1 heterocycles. The highest BCUT2D eigenvalue weighted by atomic mass is 16.5. The Morgan fingerprint density at radius 1 is 0.865 bits per heavy atom. The SMILES string of the molecule is COc1cccc(/C(O)=C2\C(=O)C(=O)N(c3cccc4ccccc34)C2c2ccc(C(C)(C)C)cc2)c1. The predicted octanol–water partition coefficient (Wildman–Crippen LogP) is 6.77. The number of aliphatic hydroxyl groups excluding tert-OH is 1. The van der Waals surface area contributed by atoms with Gasteiger partial charge in [0.05, 0.1) is 24.4 Å². The molecule has 4 aromatic rings. The first-order valence-electron chi connectivity index (χ1n) is 12.2. The van der Waals surface area contributed by atoms with Crippen LogP contribution >= 0.6 is 0 Å². The second-order valence-electron chi connectivity index (χ2n) is 10.3. The van der Waals surface area contributed by atoms with Crippen LogP contribution in [0.1, 0.15) is 43.5 Å². The zero-order chi connectivity index (χ0) is 26.3. The molecular weight excluding hydrogens is 462 g/mol. The van der Waals surface area contributed by atoms with Crippen LogP contribution in [0.15, 0.2) is 96.6 Å². The van der Waals surface area contributed by atoms with Crippen molar-refractivity contribution in [1.82, 2.24) is 0 Å². The van der Waals surface area contributed by atoms with Gasteiger partial charge >= 0.3 is 0 Å². The lowest BCUT2D eigenvalue weighted by molar-refractivity contribution is -0.132. The Balaban J connectivity index is 1.76. The molecule has 37 heavy (non-hydrogen) atoms. The Kier molecular flexibility index (Phi) is 6.08. The zero-order valence-corrected chi connectivity index (χ0v) is 21.4. The van der Waals surface area contributed by atoms with Crippen LogP contribution < -0.4 is 9.64 Å². The number of ketones is 1. The van der Waals surface area contributed by atoms with Crippen molar-refractivity contribution in [3.05, 3.63) is 113 Å². The third-order valence-corrected chi connectivity index (χ3v) is 6.91. The van der Waals surface area contributed by atoms with E-state index in [1.165, 1.54) is 12.0 Å². The van der Waals surface area contributed by atoms with Gasteiger partial charge < -0.3 is 9.84 Å². The van der Waals surface area contributed by atoms with Gasteiger partial charge in [0, 0.05) is 10.9 Å². The number of nitrogens with zero attached hydrogens (tertiary/aromatic N) is 1. The Morgan fingerprint density at radius 2 is 1.54 bits per heavy atom. The molecule has 5 heteroatoms. The van der Waals surface area contributed by atoms with Crippen LogP contribution in [0, 0.1) is 0 Å². The zero-order valence-electron chi connectivity index (χ0n) is 21.4. The summed E-state index contributed by atoms with van der Waals surface area (Å²) in [6, 6.07) is 27.4. The molecule has 186 valence electrons. The van der Waals surface area contributed by atoms with Gasteiger partial charge in [0.1, 0.15) is 11.5 Å². The number of fused-ring (bicyclic) bond motifs is 1. The van der Waals surface area contributed by atoms with Crippen molar-refractivity contribution in [3.8, 4) is 5.75 Å². The van der Waals surface area contributed by atoms with E-state index in [-0.39, 0.29) is 16.7 Å². The van der Waals surface area contributed by atoms with E-state index in [1.54, 1.807) is 24.3 Å². The maximum Gasteiger partial charge on any atom is 0.300 e. The standard InChI is InChI=1S/C32H29NO4/c1-32(2,3)23-17-15-21(16-18-23)28-27(29(34)22-11-7-12-24(19-22)37-4)30(35)31(36)33(28)26-14-8-10-20-9-5-6-13-25(20)26/h5-19,28,34H,1-4H3/b29-27+. The minimum absolute atomic E-state index is 0.0506. The fraction of sp³-hybridized carbons (Fsp3) is 0.188. The predicted molar refractivity (Wildman–Crippen MR) is 147 cm³/mol. The number of aliphatic hydroxyl groups is 1. The second kappa shape index (κ2) is 9.25. The highest BCUT2D eigenvalue weighted by molar-refractivity contribution is 6.52. The molecule has 0 saturated carbocycles. The molecule has 0 aromatic heterocycles. The Hall–Kier alpha value is -4.38. The Bertz CT molecular complexity index is 1540. The molecule has 0 aliphatic carbocycles. The summed E-state index contributed by atoms with van der Waals surface area (Å²) in [6.07, 6.45) is 0. The molecule has 1 aliphatic rings. The van der Waals surface area contributed by atoms with Gasteiger partial charge in [0.25, 0.3) is 11.7 Å². The van der Waals surface area contributed by atoms with E-state index in [9.17, 15) is 14.7 Å². The highest BCUT2D eigenvalue weighted by Crippen LogP contribution is 2.44. The molecule has 5 rings (SSSR count). The number of carbonyl (C=O) groups is 2. The van der Waals surface area contributed by atoms with Crippen molar-refractivity contribution >= 4 is 33.9 Å². The fourth-order valence-electron chi connectivity index (χ4n) is 4.91.